The van der Waals surface area contributed by atoms with Crippen molar-refractivity contribution in [3.8, 4) is 0 Å². The summed E-state index contributed by atoms with van der Waals surface area (Å²) in [6.07, 6.45) is 0. The summed E-state index contributed by atoms with van der Waals surface area (Å²) < 4.78 is 11.7. The maximum Gasteiger partial charge on any atom is 0.0547 e. The molecule has 1 aromatic rings. The molecule has 1 aromatic carbocycles. The van der Waals surface area contributed by atoms with Gasteiger partial charge in [-0.05, 0) is 11.6 Å². The number of aliphatic hydroxyl groups excluding tert-OH is 1. The minimum atomic E-state index is -0.834. The van der Waals surface area contributed by atoms with Crippen molar-refractivity contribution in [2.75, 3.05) is 18.1 Å². The number of hydrogen-bond acceptors (Lipinski definition) is 3. The Morgan fingerprint density at radius 3 is 3.07 bits per heavy atom. The molecule has 0 saturated heterocycles. The summed E-state index contributed by atoms with van der Waals surface area (Å²) in [6, 6.07) is 7.88. The molecule has 0 spiro atoms. The molecule has 0 aromatic heterocycles. The first-order chi connectivity index (χ1) is 6.83. The lowest BCUT2D eigenvalue weighted by atomic mass is 10.2. The van der Waals surface area contributed by atoms with Crippen molar-refractivity contribution in [2.24, 2.45) is 0 Å². The molecule has 14 heavy (non-hydrogen) atoms. The summed E-state index contributed by atoms with van der Waals surface area (Å²) in [5.41, 5.74) is 1.18. The van der Waals surface area contributed by atoms with Crippen molar-refractivity contribution in [2.45, 2.75) is 10.1 Å². The van der Waals surface area contributed by atoms with Gasteiger partial charge in [-0.15, -0.1) is 0 Å². The number of thioether (sulfide) groups is 1. The van der Waals surface area contributed by atoms with Gasteiger partial charge in [0.2, 0.25) is 0 Å². The van der Waals surface area contributed by atoms with Gasteiger partial charge in [-0.3, -0.25) is 4.21 Å². The van der Waals surface area contributed by atoms with E-state index in [9.17, 15) is 4.21 Å². The van der Waals surface area contributed by atoms with Crippen molar-refractivity contribution >= 4 is 22.6 Å². The summed E-state index contributed by atoms with van der Waals surface area (Å²) in [4.78, 5) is 0.975. The van der Waals surface area contributed by atoms with E-state index in [-0.39, 0.29) is 6.61 Å². The van der Waals surface area contributed by atoms with Crippen LogP contribution in [0.4, 0.5) is 0 Å². The lowest BCUT2D eigenvalue weighted by Crippen LogP contribution is -1.97. The molecule has 1 aliphatic heterocycles. The third-order valence-corrected chi connectivity index (χ3v) is 5.17. The molecule has 1 aliphatic rings. The Bertz CT molecular complexity index is 352. The van der Waals surface area contributed by atoms with Crippen LogP contribution < -0.4 is 0 Å². The van der Waals surface area contributed by atoms with Crippen LogP contribution >= 0.6 is 11.8 Å². The van der Waals surface area contributed by atoms with Gasteiger partial charge < -0.3 is 5.11 Å². The van der Waals surface area contributed by atoms with Gasteiger partial charge >= 0.3 is 0 Å². The predicted octanol–water partition coefficient (Wildman–Crippen LogP) is 1.57. The lowest BCUT2D eigenvalue weighted by Gasteiger charge is -2.07. The Kier molecular flexibility index (Phi) is 3.26. The standard InChI is InChI=1S/C10H12O2S2/c11-5-6-13-9-7-14(12)10-4-2-1-3-8(9)10/h1-4,9,11H,5-7H2. The van der Waals surface area contributed by atoms with Gasteiger partial charge in [0.25, 0.3) is 0 Å². The molecule has 2 rings (SSSR count). The van der Waals surface area contributed by atoms with E-state index in [2.05, 4.69) is 0 Å². The van der Waals surface area contributed by atoms with E-state index >= 15 is 0 Å². The number of benzene rings is 1. The molecule has 76 valence electrons. The molecular weight excluding hydrogens is 216 g/mol. The molecule has 2 nitrogen and oxygen atoms in total. The summed E-state index contributed by atoms with van der Waals surface area (Å²) in [6.45, 7) is 0.190. The highest BCUT2D eigenvalue weighted by molar-refractivity contribution is 8.00. The number of rotatable bonds is 3. The van der Waals surface area contributed by atoms with E-state index in [4.69, 9.17) is 5.11 Å². The molecular formula is C10H12O2S2. The Hall–Kier alpha value is -0.320. The van der Waals surface area contributed by atoms with Gasteiger partial charge in [0, 0.05) is 21.7 Å². The number of fused-ring (bicyclic) bond motifs is 1. The molecule has 1 heterocycles. The van der Waals surface area contributed by atoms with Crippen LogP contribution in [0.3, 0.4) is 0 Å². The maximum atomic E-state index is 11.7. The number of aliphatic hydroxyl groups is 1. The van der Waals surface area contributed by atoms with E-state index < -0.39 is 10.8 Å². The van der Waals surface area contributed by atoms with Gasteiger partial charge in [0.05, 0.1) is 17.4 Å². The molecule has 0 bridgehead atoms. The van der Waals surface area contributed by atoms with E-state index in [1.807, 2.05) is 24.3 Å². The Morgan fingerprint density at radius 1 is 1.50 bits per heavy atom. The highest BCUT2D eigenvalue weighted by Gasteiger charge is 2.27. The Morgan fingerprint density at radius 2 is 2.29 bits per heavy atom. The lowest BCUT2D eigenvalue weighted by molar-refractivity contribution is 0.322. The van der Waals surface area contributed by atoms with Gasteiger partial charge in [0.15, 0.2) is 0 Å². The molecule has 1 N–H and O–H groups in total. The van der Waals surface area contributed by atoms with Gasteiger partial charge in [-0.1, -0.05) is 18.2 Å². The molecule has 2 unspecified atom stereocenters. The second kappa shape index (κ2) is 4.47. The minimum Gasteiger partial charge on any atom is -0.396 e. The summed E-state index contributed by atoms with van der Waals surface area (Å²) in [5.74, 6) is 1.42. The normalized spacial score (nSPS) is 24.9. The van der Waals surface area contributed by atoms with Crippen molar-refractivity contribution < 1.29 is 9.32 Å². The largest absolute Gasteiger partial charge is 0.396 e. The quantitative estimate of drug-likeness (QED) is 0.853. The van der Waals surface area contributed by atoms with Crippen LogP contribution in [0.15, 0.2) is 29.2 Å². The van der Waals surface area contributed by atoms with Crippen molar-refractivity contribution in [3.63, 3.8) is 0 Å². The van der Waals surface area contributed by atoms with Gasteiger partial charge in [-0.25, -0.2) is 0 Å². The fourth-order valence-corrected chi connectivity index (χ4v) is 4.55. The van der Waals surface area contributed by atoms with E-state index in [0.717, 1.165) is 10.6 Å². The first-order valence-electron chi connectivity index (χ1n) is 4.52. The van der Waals surface area contributed by atoms with Crippen LogP contribution in [0.2, 0.25) is 0 Å². The molecule has 2 atom stereocenters. The van der Waals surface area contributed by atoms with E-state index in [1.165, 1.54) is 5.56 Å². The monoisotopic (exact) mass is 228 g/mol. The summed E-state index contributed by atoms with van der Waals surface area (Å²) >= 11 is 1.69. The fourth-order valence-electron chi connectivity index (χ4n) is 1.60. The zero-order valence-corrected chi connectivity index (χ0v) is 9.31. The number of hydrogen-bond donors (Lipinski definition) is 1. The average Bonchev–Trinajstić information content (AvgIpc) is 2.54. The second-order valence-corrected chi connectivity index (χ2v) is 5.91. The highest BCUT2D eigenvalue weighted by Crippen LogP contribution is 2.39. The van der Waals surface area contributed by atoms with Crippen molar-refractivity contribution in [3.05, 3.63) is 29.8 Å². The molecule has 0 fully saturated rings. The third kappa shape index (κ3) is 1.87. The van der Waals surface area contributed by atoms with Gasteiger partial charge in [0.1, 0.15) is 0 Å². The van der Waals surface area contributed by atoms with Crippen LogP contribution in [0.1, 0.15) is 10.8 Å². The first-order valence-corrected chi connectivity index (χ1v) is 6.89. The fraction of sp³-hybridized carbons (Fsp3) is 0.400. The van der Waals surface area contributed by atoms with Crippen molar-refractivity contribution in [1.82, 2.24) is 0 Å². The SMILES string of the molecule is O=S1CC(SCCO)c2ccccc21. The minimum absolute atomic E-state index is 0.190. The third-order valence-electron chi connectivity index (χ3n) is 2.22. The average molecular weight is 228 g/mol. The summed E-state index contributed by atoms with van der Waals surface area (Å²) in [7, 11) is -0.834. The highest BCUT2D eigenvalue weighted by atomic mass is 32.2. The second-order valence-electron chi connectivity index (χ2n) is 3.13. The van der Waals surface area contributed by atoms with E-state index in [1.54, 1.807) is 11.8 Å². The van der Waals surface area contributed by atoms with Crippen LogP contribution in [0.5, 0.6) is 0 Å². The van der Waals surface area contributed by atoms with Gasteiger partial charge in [-0.2, -0.15) is 11.8 Å². The maximum absolute atomic E-state index is 11.7. The Balaban J connectivity index is 2.21. The summed E-state index contributed by atoms with van der Waals surface area (Å²) in [5, 5.41) is 9.05. The van der Waals surface area contributed by atoms with Crippen molar-refractivity contribution in [1.29, 1.82) is 0 Å². The molecule has 0 amide bonds. The van der Waals surface area contributed by atoms with Crippen LogP contribution in [-0.2, 0) is 10.8 Å². The first kappa shape index (κ1) is 10.2. The van der Waals surface area contributed by atoms with Crippen LogP contribution in [-0.4, -0.2) is 27.4 Å². The topological polar surface area (TPSA) is 37.3 Å². The molecule has 4 heteroatoms. The molecule has 0 aliphatic carbocycles. The zero-order valence-electron chi connectivity index (χ0n) is 7.68. The predicted molar refractivity (Wildman–Crippen MR) is 60.0 cm³/mol. The molecule has 0 radical (unpaired) electrons. The zero-order chi connectivity index (χ0) is 9.97. The smallest absolute Gasteiger partial charge is 0.0547 e. The Labute approximate surface area is 90.2 Å². The van der Waals surface area contributed by atoms with Crippen LogP contribution in [0, 0.1) is 0 Å². The molecule has 0 saturated carbocycles. The van der Waals surface area contributed by atoms with Crippen LogP contribution in [0.25, 0.3) is 0 Å². The van der Waals surface area contributed by atoms with E-state index in [0.29, 0.717) is 11.0 Å².